The van der Waals surface area contributed by atoms with Crippen LogP contribution in [0.25, 0.3) is 0 Å². The molecule has 5 heteroatoms. The Hall–Kier alpha value is -1.03. The molecule has 1 aromatic rings. The van der Waals surface area contributed by atoms with E-state index in [2.05, 4.69) is 24.1 Å². The Kier molecular flexibility index (Phi) is 5.46. The maximum atomic E-state index is 12.3. The topological polar surface area (TPSA) is 46.9 Å². The quantitative estimate of drug-likeness (QED) is 0.821. The lowest BCUT2D eigenvalue weighted by Crippen LogP contribution is -2.28. The van der Waals surface area contributed by atoms with Crippen LogP contribution in [0, 0.1) is 17.8 Å². The molecule has 0 aliphatic heterocycles. The van der Waals surface area contributed by atoms with Crippen LogP contribution >= 0.6 is 11.6 Å². The maximum Gasteiger partial charge on any atom is 0.293 e. The Morgan fingerprint density at radius 3 is 2.90 bits per heavy atom. The molecule has 0 aromatic carbocycles. The number of hydrogen-bond acceptors (Lipinski definition) is 3. The van der Waals surface area contributed by atoms with Gasteiger partial charge in [0.2, 0.25) is 0 Å². The van der Waals surface area contributed by atoms with Crippen molar-refractivity contribution in [2.75, 3.05) is 17.7 Å². The van der Waals surface area contributed by atoms with E-state index >= 15 is 0 Å². The molecule has 1 aliphatic rings. The largest absolute Gasteiger partial charge is 0.365 e. The van der Waals surface area contributed by atoms with Crippen molar-refractivity contribution in [3.8, 4) is 0 Å². The van der Waals surface area contributed by atoms with Gasteiger partial charge in [0, 0.05) is 31.4 Å². The number of nitrogens with one attached hydrogen (secondary N) is 1. The summed E-state index contributed by atoms with van der Waals surface area (Å²) in [4.78, 5) is 16.5. The van der Waals surface area contributed by atoms with Gasteiger partial charge in [0.05, 0.1) is 0 Å². The third kappa shape index (κ3) is 3.75. The number of aromatic nitrogens is 2. The summed E-state index contributed by atoms with van der Waals surface area (Å²) in [5.74, 6) is 2.76. The van der Waals surface area contributed by atoms with Gasteiger partial charge >= 0.3 is 0 Å². The summed E-state index contributed by atoms with van der Waals surface area (Å²) in [5, 5.41) is 3.23. The molecule has 0 spiro atoms. The van der Waals surface area contributed by atoms with Crippen LogP contribution in [0.15, 0.2) is 17.2 Å². The second-order valence-corrected chi connectivity index (χ2v) is 6.42. The van der Waals surface area contributed by atoms with Gasteiger partial charge in [-0.1, -0.05) is 20.3 Å². The van der Waals surface area contributed by atoms with Crippen molar-refractivity contribution < 1.29 is 0 Å². The zero-order chi connectivity index (χ0) is 14.5. The molecule has 1 aliphatic carbocycles. The minimum absolute atomic E-state index is 0.0263. The molecule has 2 unspecified atom stereocenters. The molecule has 1 heterocycles. The molecule has 0 bridgehead atoms. The second kappa shape index (κ2) is 7.11. The fraction of sp³-hybridized carbons (Fsp3) is 0.733. The minimum Gasteiger partial charge on any atom is -0.365 e. The molecule has 4 nitrogen and oxygen atoms in total. The Morgan fingerprint density at radius 1 is 1.45 bits per heavy atom. The highest BCUT2D eigenvalue weighted by Gasteiger charge is 2.26. The number of nitrogens with zero attached hydrogens (tertiary/aromatic N) is 2. The fourth-order valence-electron chi connectivity index (χ4n) is 2.92. The highest BCUT2D eigenvalue weighted by atomic mass is 35.5. The lowest BCUT2D eigenvalue weighted by atomic mass is 9.98. The first-order chi connectivity index (χ1) is 9.61. The smallest absolute Gasteiger partial charge is 0.293 e. The molecule has 112 valence electrons. The predicted octanol–water partition coefficient (Wildman–Crippen LogP) is 2.97. The Balaban J connectivity index is 2.01. The third-order valence-electron chi connectivity index (χ3n) is 4.02. The normalized spacial score (nSPS) is 22.4. The van der Waals surface area contributed by atoms with Gasteiger partial charge in [0.25, 0.3) is 5.56 Å². The molecule has 0 amide bonds. The highest BCUT2D eigenvalue weighted by molar-refractivity contribution is 6.18. The number of hydrogen-bond donors (Lipinski definition) is 1. The summed E-state index contributed by atoms with van der Waals surface area (Å²) in [5.41, 5.74) is -0.0263. The summed E-state index contributed by atoms with van der Waals surface area (Å²) in [6.45, 7) is 5.72. The Morgan fingerprint density at radius 2 is 2.20 bits per heavy atom. The summed E-state index contributed by atoms with van der Waals surface area (Å²) >= 11 is 5.99. The zero-order valence-electron chi connectivity index (χ0n) is 12.3. The van der Waals surface area contributed by atoms with Gasteiger partial charge in [-0.05, 0) is 30.6 Å². The van der Waals surface area contributed by atoms with Crippen molar-refractivity contribution in [2.24, 2.45) is 17.8 Å². The van der Waals surface area contributed by atoms with Gasteiger partial charge in [-0.2, -0.15) is 0 Å². The molecule has 20 heavy (non-hydrogen) atoms. The first-order valence-electron chi connectivity index (χ1n) is 7.47. The van der Waals surface area contributed by atoms with E-state index < -0.39 is 0 Å². The molecule has 1 aromatic heterocycles. The standard InChI is InChI=1S/C15H24ClN3O/c1-11(2)10-19-7-6-17-14(15(19)20)18-9-13-5-3-4-12(13)8-16/h6-7,11-13H,3-5,8-10H2,1-2H3,(H,17,18). The van der Waals surface area contributed by atoms with Crippen molar-refractivity contribution >= 4 is 17.4 Å². The number of anilines is 1. The van der Waals surface area contributed by atoms with Crippen molar-refractivity contribution in [3.05, 3.63) is 22.7 Å². The number of halogens is 1. The molecule has 1 saturated carbocycles. The van der Waals surface area contributed by atoms with Gasteiger partial charge in [-0.3, -0.25) is 4.79 Å². The maximum absolute atomic E-state index is 12.3. The Labute approximate surface area is 125 Å². The number of rotatable bonds is 6. The van der Waals surface area contributed by atoms with Crippen LogP contribution in [-0.4, -0.2) is 22.0 Å². The van der Waals surface area contributed by atoms with Gasteiger partial charge in [0.15, 0.2) is 5.82 Å². The van der Waals surface area contributed by atoms with E-state index in [1.54, 1.807) is 17.0 Å². The van der Waals surface area contributed by atoms with E-state index in [9.17, 15) is 4.79 Å². The molecular weight excluding hydrogens is 274 g/mol. The van der Waals surface area contributed by atoms with E-state index in [4.69, 9.17) is 11.6 Å². The van der Waals surface area contributed by atoms with Crippen LogP contribution in [0.5, 0.6) is 0 Å². The van der Waals surface area contributed by atoms with Gasteiger partial charge in [-0.25, -0.2) is 4.98 Å². The summed E-state index contributed by atoms with van der Waals surface area (Å²) in [7, 11) is 0. The van der Waals surface area contributed by atoms with Crippen LogP contribution in [0.4, 0.5) is 5.82 Å². The van der Waals surface area contributed by atoms with Crippen molar-refractivity contribution in [2.45, 2.75) is 39.7 Å². The average Bonchev–Trinajstić information content (AvgIpc) is 2.86. The number of alkyl halides is 1. The van der Waals surface area contributed by atoms with Crippen LogP contribution in [-0.2, 0) is 6.54 Å². The molecule has 0 saturated heterocycles. The molecule has 1 fully saturated rings. The first kappa shape index (κ1) is 15.4. The highest BCUT2D eigenvalue weighted by Crippen LogP contribution is 2.32. The van der Waals surface area contributed by atoms with Gasteiger partial charge in [0.1, 0.15) is 0 Å². The fourth-order valence-corrected chi connectivity index (χ4v) is 3.33. The first-order valence-corrected chi connectivity index (χ1v) is 8.00. The molecule has 2 rings (SSSR count). The second-order valence-electron chi connectivity index (χ2n) is 6.11. The van der Waals surface area contributed by atoms with Gasteiger partial charge in [-0.15, -0.1) is 11.6 Å². The van der Waals surface area contributed by atoms with Crippen LogP contribution in [0.3, 0.4) is 0 Å². The van der Waals surface area contributed by atoms with Crippen LogP contribution in [0.2, 0.25) is 0 Å². The molecule has 1 N–H and O–H groups in total. The van der Waals surface area contributed by atoms with Crippen molar-refractivity contribution in [1.29, 1.82) is 0 Å². The van der Waals surface area contributed by atoms with Crippen molar-refractivity contribution in [3.63, 3.8) is 0 Å². The lowest BCUT2D eigenvalue weighted by molar-refractivity contribution is 0.443. The van der Waals surface area contributed by atoms with Gasteiger partial charge < -0.3 is 9.88 Å². The molecule has 2 atom stereocenters. The monoisotopic (exact) mass is 297 g/mol. The van der Waals surface area contributed by atoms with E-state index in [0.29, 0.717) is 29.5 Å². The summed E-state index contributed by atoms with van der Waals surface area (Å²) in [6, 6.07) is 0. The predicted molar refractivity (Wildman–Crippen MR) is 83.4 cm³/mol. The molecular formula is C15H24ClN3O. The Bertz CT molecular complexity index is 486. The van der Waals surface area contributed by atoms with Crippen LogP contribution in [0.1, 0.15) is 33.1 Å². The third-order valence-corrected chi connectivity index (χ3v) is 4.42. The van der Waals surface area contributed by atoms with E-state index in [0.717, 1.165) is 13.1 Å². The minimum atomic E-state index is -0.0263. The molecule has 0 radical (unpaired) electrons. The summed E-state index contributed by atoms with van der Waals surface area (Å²) in [6.07, 6.45) is 7.08. The van der Waals surface area contributed by atoms with Crippen LogP contribution < -0.4 is 10.9 Å². The van der Waals surface area contributed by atoms with E-state index in [1.165, 1.54) is 19.3 Å². The van der Waals surface area contributed by atoms with E-state index in [1.807, 2.05) is 0 Å². The zero-order valence-corrected chi connectivity index (χ0v) is 13.1. The van der Waals surface area contributed by atoms with E-state index in [-0.39, 0.29) is 5.56 Å². The van der Waals surface area contributed by atoms with Crippen molar-refractivity contribution in [1.82, 2.24) is 9.55 Å². The average molecular weight is 298 g/mol. The lowest BCUT2D eigenvalue weighted by Gasteiger charge is -2.18. The SMILES string of the molecule is CC(C)Cn1ccnc(NCC2CCCC2CCl)c1=O. The summed E-state index contributed by atoms with van der Waals surface area (Å²) < 4.78 is 1.73.